The summed E-state index contributed by atoms with van der Waals surface area (Å²) in [7, 11) is 0. The SMILES string of the molecule is Cc1ccc(C)c2[cH-]ccc12.[CH3-].[CH3-].[Cl-].[Cl-].[Hf+4].c1cc[cH-]c1. The van der Waals surface area contributed by atoms with Gasteiger partial charge in [-0.3, -0.25) is 0 Å². The molecule has 0 fully saturated rings. The van der Waals surface area contributed by atoms with Gasteiger partial charge < -0.3 is 39.7 Å². The fraction of sp³-hybridized carbons (Fsp3) is 0.111. The third-order valence-electron chi connectivity index (χ3n) is 2.80. The molecule has 0 N–H and O–H groups in total. The zero-order valence-electron chi connectivity index (χ0n) is 13.0. The van der Waals surface area contributed by atoms with Crippen LogP contribution in [-0.4, -0.2) is 0 Å². The third kappa shape index (κ3) is 7.99. The van der Waals surface area contributed by atoms with Gasteiger partial charge in [0.25, 0.3) is 0 Å². The summed E-state index contributed by atoms with van der Waals surface area (Å²) in [6.07, 6.45) is 0. The Hall–Kier alpha value is -0.370. The average Bonchev–Trinajstić information content (AvgIpc) is 2.94. The van der Waals surface area contributed by atoms with Crippen molar-refractivity contribution in [2.24, 2.45) is 0 Å². The van der Waals surface area contributed by atoms with E-state index in [4.69, 9.17) is 0 Å². The summed E-state index contributed by atoms with van der Waals surface area (Å²) in [6.45, 7) is 4.31. The van der Waals surface area contributed by atoms with E-state index in [-0.39, 0.29) is 65.5 Å². The second-order valence-electron chi connectivity index (χ2n) is 4.01. The smallest absolute Gasteiger partial charge is 1.00 e. The molecule has 0 bridgehead atoms. The van der Waals surface area contributed by atoms with Gasteiger partial charge >= 0.3 is 25.8 Å². The van der Waals surface area contributed by atoms with Crippen molar-refractivity contribution in [3.63, 3.8) is 0 Å². The van der Waals surface area contributed by atoms with Crippen LogP contribution in [0.15, 0.2) is 60.7 Å². The number of benzene rings is 1. The van der Waals surface area contributed by atoms with Crippen molar-refractivity contribution in [3.05, 3.63) is 86.6 Å². The fourth-order valence-electron chi connectivity index (χ4n) is 1.86. The van der Waals surface area contributed by atoms with Crippen LogP contribution in [0.3, 0.4) is 0 Å². The van der Waals surface area contributed by atoms with Gasteiger partial charge in [0.15, 0.2) is 0 Å². The molecule has 0 unspecified atom stereocenters. The second kappa shape index (κ2) is 14.6. The Labute approximate surface area is 161 Å². The minimum Gasteiger partial charge on any atom is -1.00 e. The van der Waals surface area contributed by atoms with E-state index >= 15 is 0 Å². The first kappa shape index (κ1) is 28.7. The van der Waals surface area contributed by atoms with Gasteiger partial charge in [-0.2, -0.15) is 30.3 Å². The molecular formula is C18H22Cl2Hf-2. The van der Waals surface area contributed by atoms with Crippen LogP contribution in [0.5, 0.6) is 0 Å². The Morgan fingerprint density at radius 1 is 0.762 bits per heavy atom. The van der Waals surface area contributed by atoms with Crippen molar-refractivity contribution in [2.75, 3.05) is 0 Å². The summed E-state index contributed by atoms with van der Waals surface area (Å²) in [5.41, 5.74) is 2.74. The largest absolute Gasteiger partial charge is 4.00 e. The first-order valence-corrected chi connectivity index (χ1v) is 5.57. The predicted molar refractivity (Wildman–Crippen MR) is 83.9 cm³/mol. The van der Waals surface area contributed by atoms with Crippen LogP contribution in [0.2, 0.25) is 0 Å². The Bertz CT molecular complexity index is 500. The van der Waals surface area contributed by atoms with Crippen LogP contribution < -0.4 is 24.8 Å². The Balaban J connectivity index is -0.000000129. The molecule has 0 amide bonds. The van der Waals surface area contributed by atoms with E-state index in [1.54, 1.807) is 0 Å². The molecule has 0 saturated heterocycles. The van der Waals surface area contributed by atoms with Crippen molar-refractivity contribution in [1.82, 2.24) is 0 Å². The van der Waals surface area contributed by atoms with Crippen LogP contribution in [0.4, 0.5) is 0 Å². The van der Waals surface area contributed by atoms with Crippen LogP contribution >= 0.6 is 0 Å². The summed E-state index contributed by atoms with van der Waals surface area (Å²) in [6, 6.07) is 20.8. The van der Waals surface area contributed by atoms with Gasteiger partial charge in [0, 0.05) is 0 Å². The van der Waals surface area contributed by atoms with Crippen molar-refractivity contribution >= 4 is 10.8 Å². The Kier molecular flexibility index (Phi) is 19.9. The molecule has 0 aliphatic rings. The maximum Gasteiger partial charge on any atom is 4.00 e. The normalized spacial score (nSPS) is 7.52. The molecule has 3 heteroatoms. The van der Waals surface area contributed by atoms with E-state index in [1.165, 1.54) is 21.9 Å². The molecule has 3 aromatic carbocycles. The molecule has 0 saturated carbocycles. The molecule has 0 radical (unpaired) electrons. The molecule has 0 heterocycles. The standard InChI is InChI=1S/C11H11.C5H5.2CH3.2ClH.Hf/c1-8-6-7-9(2)11-5-3-4-10(8)11;1-2-4-5-3-1;;;;;/h3-7H,1-2H3;1-5H;2*1H3;2*1H;/q4*-1;;;+4/p-2. The monoisotopic (exact) mass is 488 g/mol. The molecule has 0 aromatic heterocycles. The molecule has 114 valence electrons. The Morgan fingerprint density at radius 3 is 1.71 bits per heavy atom. The van der Waals surface area contributed by atoms with E-state index in [0.717, 1.165) is 0 Å². The molecule has 3 rings (SSSR count). The molecule has 0 aliphatic carbocycles. The van der Waals surface area contributed by atoms with E-state index < -0.39 is 0 Å². The van der Waals surface area contributed by atoms with Gasteiger partial charge in [-0.1, -0.05) is 18.6 Å². The molecule has 0 aliphatic heterocycles. The van der Waals surface area contributed by atoms with E-state index in [9.17, 15) is 0 Å². The zero-order chi connectivity index (χ0) is 11.4. The molecule has 0 spiro atoms. The minimum atomic E-state index is 0. The molecule has 0 atom stereocenters. The first-order chi connectivity index (χ1) is 7.79. The zero-order valence-corrected chi connectivity index (χ0v) is 18.1. The number of rotatable bonds is 0. The van der Waals surface area contributed by atoms with E-state index in [0.29, 0.717) is 0 Å². The summed E-state index contributed by atoms with van der Waals surface area (Å²) < 4.78 is 0. The molecule has 3 aromatic rings. The maximum atomic E-state index is 2.18. The van der Waals surface area contributed by atoms with Gasteiger partial charge in [0.2, 0.25) is 0 Å². The van der Waals surface area contributed by atoms with Crippen molar-refractivity contribution in [1.29, 1.82) is 0 Å². The van der Waals surface area contributed by atoms with Gasteiger partial charge in [-0.15, -0.1) is 28.5 Å². The summed E-state index contributed by atoms with van der Waals surface area (Å²) in [5, 5.41) is 2.79. The third-order valence-corrected chi connectivity index (χ3v) is 2.80. The van der Waals surface area contributed by atoms with Crippen LogP contribution in [0.25, 0.3) is 10.8 Å². The van der Waals surface area contributed by atoms with Gasteiger partial charge in [0.1, 0.15) is 0 Å². The van der Waals surface area contributed by atoms with Gasteiger partial charge in [-0.25, -0.2) is 12.1 Å². The minimum absolute atomic E-state index is 0. The molecular weight excluding hydrogens is 466 g/mol. The average molecular weight is 488 g/mol. The maximum absolute atomic E-state index is 2.18. The van der Waals surface area contributed by atoms with Crippen molar-refractivity contribution in [3.8, 4) is 0 Å². The number of aryl methyl sites for hydroxylation is 2. The summed E-state index contributed by atoms with van der Waals surface area (Å²) >= 11 is 0. The molecule has 21 heavy (non-hydrogen) atoms. The second-order valence-corrected chi connectivity index (χ2v) is 4.01. The topological polar surface area (TPSA) is 0 Å². The van der Waals surface area contributed by atoms with Gasteiger partial charge in [-0.05, 0) is 6.92 Å². The van der Waals surface area contributed by atoms with Crippen LogP contribution in [0.1, 0.15) is 11.1 Å². The molecule has 0 nitrogen and oxygen atoms in total. The number of halogens is 2. The fourth-order valence-corrected chi connectivity index (χ4v) is 1.86. The first-order valence-electron chi connectivity index (χ1n) is 5.57. The number of hydrogen-bond donors (Lipinski definition) is 0. The Morgan fingerprint density at radius 2 is 1.29 bits per heavy atom. The van der Waals surface area contributed by atoms with E-state index in [1.807, 2.05) is 30.3 Å². The quantitative estimate of drug-likeness (QED) is 0.296. The van der Waals surface area contributed by atoms with Crippen LogP contribution in [0, 0.1) is 28.7 Å². The van der Waals surface area contributed by atoms with Gasteiger partial charge in [0.05, 0.1) is 0 Å². The van der Waals surface area contributed by atoms with Crippen molar-refractivity contribution in [2.45, 2.75) is 13.8 Å². The summed E-state index contributed by atoms with van der Waals surface area (Å²) in [4.78, 5) is 0. The van der Waals surface area contributed by atoms with Crippen molar-refractivity contribution < 1.29 is 50.7 Å². The number of fused-ring (bicyclic) bond motifs is 1. The number of hydrogen-bond acceptors (Lipinski definition) is 0. The summed E-state index contributed by atoms with van der Waals surface area (Å²) in [5.74, 6) is 0. The van der Waals surface area contributed by atoms with Crippen LogP contribution in [-0.2, 0) is 25.8 Å². The van der Waals surface area contributed by atoms with E-state index in [2.05, 4.69) is 44.2 Å². The predicted octanol–water partition coefficient (Wildman–Crippen LogP) is -0.513.